The van der Waals surface area contributed by atoms with E-state index in [-0.39, 0.29) is 5.91 Å². The van der Waals surface area contributed by atoms with Crippen LogP contribution in [-0.2, 0) is 6.54 Å². The van der Waals surface area contributed by atoms with Crippen molar-refractivity contribution in [2.45, 2.75) is 39.3 Å². The van der Waals surface area contributed by atoms with Gasteiger partial charge >= 0.3 is 0 Å². The van der Waals surface area contributed by atoms with Gasteiger partial charge in [0.05, 0.1) is 11.4 Å². The van der Waals surface area contributed by atoms with Gasteiger partial charge in [-0.15, -0.1) is 11.3 Å². The van der Waals surface area contributed by atoms with E-state index in [2.05, 4.69) is 0 Å². The summed E-state index contributed by atoms with van der Waals surface area (Å²) in [6.07, 6.45) is 2.15. The molecule has 0 spiro atoms. The summed E-state index contributed by atoms with van der Waals surface area (Å²) in [5.74, 6) is 1.77. The quantitative estimate of drug-likeness (QED) is 0.939. The van der Waals surface area contributed by atoms with Gasteiger partial charge in [0.1, 0.15) is 11.5 Å². The van der Waals surface area contributed by atoms with Crippen molar-refractivity contribution in [3.05, 3.63) is 39.5 Å². The Morgan fingerprint density at radius 1 is 1.45 bits per heavy atom. The second-order valence-corrected chi connectivity index (χ2v) is 6.56. The molecule has 4 nitrogen and oxygen atoms in total. The number of furan rings is 1. The number of hydrogen-bond acceptors (Lipinski definition) is 4. The van der Waals surface area contributed by atoms with E-state index in [4.69, 9.17) is 10.2 Å². The lowest BCUT2D eigenvalue weighted by Gasteiger charge is -2.20. The Kier molecular flexibility index (Phi) is 3.30. The molecule has 106 valence electrons. The molecule has 2 heterocycles. The lowest BCUT2D eigenvalue weighted by atomic mass is 10.3. The molecule has 0 radical (unpaired) electrons. The Bertz CT molecular complexity index is 621. The molecule has 0 atom stereocenters. The first kappa shape index (κ1) is 13.2. The largest absolute Gasteiger partial charge is 0.464 e. The Morgan fingerprint density at radius 3 is 2.70 bits per heavy atom. The number of nitrogens with two attached hydrogens (primary N) is 1. The molecule has 20 heavy (non-hydrogen) atoms. The van der Waals surface area contributed by atoms with Crippen molar-refractivity contribution in [1.29, 1.82) is 0 Å². The first-order valence-corrected chi connectivity index (χ1v) is 7.58. The van der Waals surface area contributed by atoms with Gasteiger partial charge in [0.15, 0.2) is 0 Å². The molecule has 2 aromatic heterocycles. The summed E-state index contributed by atoms with van der Waals surface area (Å²) in [5, 5.41) is 0. The van der Waals surface area contributed by atoms with Crippen LogP contribution in [0.3, 0.4) is 0 Å². The van der Waals surface area contributed by atoms with Gasteiger partial charge in [-0.2, -0.15) is 0 Å². The maximum absolute atomic E-state index is 12.6. The molecule has 0 unspecified atom stereocenters. The summed E-state index contributed by atoms with van der Waals surface area (Å²) >= 11 is 1.46. The minimum atomic E-state index is 0.0614. The van der Waals surface area contributed by atoms with Crippen LogP contribution in [0.25, 0.3) is 0 Å². The monoisotopic (exact) mass is 290 g/mol. The smallest absolute Gasteiger partial charge is 0.264 e. The fraction of sp³-hybridized carbons (Fsp3) is 0.400. The lowest BCUT2D eigenvalue weighted by molar-refractivity contribution is 0.0722. The number of nitrogens with zero attached hydrogens (tertiary/aromatic N) is 1. The highest BCUT2D eigenvalue weighted by molar-refractivity contribution is 7.14. The maximum atomic E-state index is 12.6. The molecule has 1 fully saturated rings. The molecule has 0 bridgehead atoms. The van der Waals surface area contributed by atoms with E-state index in [1.54, 1.807) is 6.07 Å². The third-order valence-corrected chi connectivity index (χ3v) is 4.59. The number of aryl methyl sites for hydroxylation is 2. The van der Waals surface area contributed by atoms with Crippen molar-refractivity contribution in [1.82, 2.24) is 4.90 Å². The number of hydrogen-bond donors (Lipinski definition) is 1. The third kappa shape index (κ3) is 2.58. The number of amides is 1. The highest BCUT2D eigenvalue weighted by Gasteiger charge is 2.34. The van der Waals surface area contributed by atoms with Crippen LogP contribution < -0.4 is 5.73 Å². The van der Waals surface area contributed by atoms with Crippen LogP contribution in [0.4, 0.5) is 5.69 Å². The molecule has 0 saturated heterocycles. The summed E-state index contributed by atoms with van der Waals surface area (Å²) in [6.45, 7) is 4.39. The fourth-order valence-corrected chi connectivity index (χ4v) is 3.13. The highest BCUT2D eigenvalue weighted by atomic mass is 32.1. The molecule has 1 aliphatic rings. The molecule has 1 aliphatic carbocycles. The SMILES string of the molecule is Cc1ccc(CN(C(=O)c2cc(N)c(C)s2)C2CC2)o1. The Labute approximate surface area is 122 Å². The van der Waals surface area contributed by atoms with Crippen LogP contribution in [0.15, 0.2) is 22.6 Å². The normalized spacial score (nSPS) is 14.5. The standard InChI is InChI=1S/C15H18N2O2S/c1-9-3-6-12(19-9)8-17(11-4-5-11)15(18)14-7-13(16)10(2)20-14/h3,6-7,11H,4-5,8,16H2,1-2H3. The average Bonchev–Trinajstić information content (AvgIpc) is 3.09. The fourth-order valence-electron chi connectivity index (χ4n) is 2.23. The van der Waals surface area contributed by atoms with E-state index in [0.29, 0.717) is 18.3 Å². The van der Waals surface area contributed by atoms with E-state index < -0.39 is 0 Å². The molecular weight excluding hydrogens is 272 g/mol. The van der Waals surface area contributed by atoms with E-state index in [1.165, 1.54) is 11.3 Å². The van der Waals surface area contributed by atoms with Crippen LogP contribution in [0, 0.1) is 13.8 Å². The zero-order chi connectivity index (χ0) is 14.3. The lowest BCUT2D eigenvalue weighted by Crippen LogP contribution is -2.31. The van der Waals surface area contributed by atoms with Crippen molar-refractivity contribution in [2.24, 2.45) is 0 Å². The average molecular weight is 290 g/mol. The Hall–Kier alpha value is -1.75. The van der Waals surface area contributed by atoms with Crippen LogP contribution in [0.1, 0.15) is 38.9 Å². The Balaban J connectivity index is 1.81. The van der Waals surface area contributed by atoms with Crippen molar-refractivity contribution in [2.75, 3.05) is 5.73 Å². The molecular formula is C15H18N2O2S. The number of carbonyl (C=O) groups is 1. The van der Waals surface area contributed by atoms with Crippen molar-refractivity contribution in [3.8, 4) is 0 Å². The van der Waals surface area contributed by atoms with Gasteiger partial charge in [-0.3, -0.25) is 4.79 Å². The molecule has 1 amide bonds. The summed E-state index contributed by atoms with van der Waals surface area (Å²) in [6, 6.07) is 5.99. The molecule has 2 aromatic rings. The van der Waals surface area contributed by atoms with Crippen LogP contribution in [0.5, 0.6) is 0 Å². The van der Waals surface area contributed by atoms with E-state index in [9.17, 15) is 4.79 Å². The van der Waals surface area contributed by atoms with E-state index >= 15 is 0 Å². The summed E-state index contributed by atoms with van der Waals surface area (Å²) < 4.78 is 5.59. The second kappa shape index (κ2) is 4.98. The molecule has 2 N–H and O–H groups in total. The minimum Gasteiger partial charge on any atom is -0.464 e. The summed E-state index contributed by atoms with van der Waals surface area (Å²) in [4.78, 5) is 16.3. The zero-order valence-electron chi connectivity index (χ0n) is 11.7. The maximum Gasteiger partial charge on any atom is 0.264 e. The number of thiophene rings is 1. The van der Waals surface area contributed by atoms with Crippen molar-refractivity contribution in [3.63, 3.8) is 0 Å². The topological polar surface area (TPSA) is 59.5 Å². The predicted molar refractivity (Wildman–Crippen MR) is 79.8 cm³/mol. The van der Waals surface area contributed by atoms with Crippen molar-refractivity contribution >= 4 is 22.9 Å². The number of nitrogen functional groups attached to an aromatic ring is 1. The molecule has 1 saturated carbocycles. The first-order chi connectivity index (χ1) is 9.54. The highest BCUT2D eigenvalue weighted by Crippen LogP contribution is 2.32. The first-order valence-electron chi connectivity index (χ1n) is 6.77. The van der Waals surface area contributed by atoms with Gasteiger partial charge in [0.2, 0.25) is 0 Å². The zero-order valence-corrected chi connectivity index (χ0v) is 12.5. The van der Waals surface area contributed by atoms with Gasteiger partial charge in [0, 0.05) is 16.6 Å². The number of carbonyl (C=O) groups excluding carboxylic acids is 1. The second-order valence-electron chi connectivity index (χ2n) is 5.30. The van der Waals surface area contributed by atoms with E-state index in [0.717, 1.165) is 34.1 Å². The van der Waals surface area contributed by atoms with Gasteiger partial charge in [-0.25, -0.2) is 0 Å². The van der Waals surface area contributed by atoms with Crippen molar-refractivity contribution < 1.29 is 9.21 Å². The van der Waals surface area contributed by atoms with Gasteiger partial charge in [-0.1, -0.05) is 0 Å². The number of anilines is 1. The van der Waals surface area contributed by atoms with Crippen LogP contribution in [0.2, 0.25) is 0 Å². The summed E-state index contributed by atoms with van der Waals surface area (Å²) in [7, 11) is 0. The Morgan fingerprint density at radius 2 is 2.20 bits per heavy atom. The van der Waals surface area contributed by atoms with Crippen LogP contribution in [-0.4, -0.2) is 16.8 Å². The van der Waals surface area contributed by atoms with E-state index in [1.807, 2.05) is 30.9 Å². The summed E-state index contributed by atoms with van der Waals surface area (Å²) in [5.41, 5.74) is 6.54. The minimum absolute atomic E-state index is 0.0614. The molecule has 0 aliphatic heterocycles. The van der Waals surface area contributed by atoms with Gasteiger partial charge < -0.3 is 15.1 Å². The molecule has 3 rings (SSSR count). The third-order valence-electron chi connectivity index (χ3n) is 3.54. The van der Waals surface area contributed by atoms with Gasteiger partial charge in [-0.05, 0) is 44.9 Å². The molecule has 5 heteroatoms. The molecule has 0 aromatic carbocycles. The number of rotatable bonds is 4. The van der Waals surface area contributed by atoms with Gasteiger partial charge in [0.25, 0.3) is 5.91 Å². The predicted octanol–water partition coefficient (Wildman–Crippen LogP) is 3.34. The van der Waals surface area contributed by atoms with Crippen LogP contribution >= 0.6 is 11.3 Å².